The fourth-order valence-corrected chi connectivity index (χ4v) is 5.20. The summed E-state index contributed by atoms with van der Waals surface area (Å²) in [6, 6.07) is 0.549. The topological polar surface area (TPSA) is 63.1 Å². The second-order valence-electron chi connectivity index (χ2n) is 9.41. The molecule has 1 aliphatic carbocycles. The summed E-state index contributed by atoms with van der Waals surface area (Å²) < 4.78 is 5.54. The second kappa shape index (κ2) is 11.9. The van der Waals surface area contributed by atoms with Crippen molar-refractivity contribution in [2.75, 3.05) is 20.8 Å². The third-order valence-electron chi connectivity index (χ3n) is 7.60. The maximum absolute atomic E-state index is 10.9. The summed E-state index contributed by atoms with van der Waals surface area (Å²) >= 11 is 6.54. The van der Waals surface area contributed by atoms with E-state index in [0.717, 1.165) is 12.1 Å². The van der Waals surface area contributed by atoms with E-state index in [0.29, 0.717) is 51.8 Å². The van der Waals surface area contributed by atoms with Crippen molar-refractivity contribution in [3.63, 3.8) is 0 Å². The van der Waals surface area contributed by atoms with Gasteiger partial charge in [-0.05, 0) is 62.5 Å². The number of phenolic OH excluding ortho intramolecular Hbond substituents is 1. The fourth-order valence-electron chi connectivity index (χ4n) is 4.91. The summed E-state index contributed by atoms with van der Waals surface area (Å²) in [6.07, 6.45) is 11.1. The highest BCUT2D eigenvalue weighted by Gasteiger charge is 2.42. The Morgan fingerprint density at radius 2 is 2.00 bits per heavy atom. The summed E-state index contributed by atoms with van der Waals surface area (Å²) in [5, 5.41) is 18.9. The lowest BCUT2D eigenvalue weighted by molar-refractivity contribution is 0.0802. The van der Waals surface area contributed by atoms with Crippen molar-refractivity contribution in [1.29, 1.82) is 0 Å². The van der Waals surface area contributed by atoms with Crippen LogP contribution in [0, 0.1) is 24.2 Å². The lowest BCUT2D eigenvalue weighted by atomic mass is 9.60. The number of allylic oxidation sites excluding steroid dienone is 4. The fraction of sp³-hybridized carbons (Fsp3) is 0.593. The highest BCUT2D eigenvalue weighted by molar-refractivity contribution is 6.33. The van der Waals surface area contributed by atoms with Crippen molar-refractivity contribution in [2.45, 2.75) is 66.8 Å². The third-order valence-corrected chi connectivity index (χ3v) is 8.05. The molecule has 1 aromatic rings. The minimum Gasteiger partial charge on any atom is -0.507 e. The van der Waals surface area contributed by atoms with Gasteiger partial charge in [-0.3, -0.25) is 0 Å². The van der Waals surface area contributed by atoms with E-state index in [9.17, 15) is 5.11 Å². The van der Waals surface area contributed by atoms with Gasteiger partial charge in [0, 0.05) is 17.2 Å². The SMILES string of the molecule is CCNC1CC[C@@H](C)[C@](C)(/C=C/C(C)=C/Cc2c(O)c(/C=N/OC)c(C)c(Cl)c2OC)[C@H]1C. The van der Waals surface area contributed by atoms with Crippen LogP contribution < -0.4 is 10.1 Å². The average molecular weight is 477 g/mol. The smallest absolute Gasteiger partial charge is 0.144 e. The number of halogens is 1. The zero-order valence-electron chi connectivity index (χ0n) is 21.5. The molecule has 6 heteroatoms. The van der Waals surface area contributed by atoms with Crippen molar-refractivity contribution < 1.29 is 14.7 Å². The molecule has 0 heterocycles. The number of benzene rings is 1. The molecule has 1 aromatic carbocycles. The van der Waals surface area contributed by atoms with Crippen molar-refractivity contribution in [3.8, 4) is 11.5 Å². The molecule has 2 N–H and O–H groups in total. The van der Waals surface area contributed by atoms with E-state index < -0.39 is 0 Å². The summed E-state index contributed by atoms with van der Waals surface area (Å²) in [7, 11) is 3.03. The number of nitrogens with zero attached hydrogens (tertiary/aromatic N) is 1. The summed E-state index contributed by atoms with van der Waals surface area (Å²) in [4.78, 5) is 4.79. The van der Waals surface area contributed by atoms with E-state index in [1.807, 2.05) is 6.92 Å². The molecule has 33 heavy (non-hydrogen) atoms. The maximum Gasteiger partial charge on any atom is 0.144 e. The van der Waals surface area contributed by atoms with Crippen LogP contribution in [0.5, 0.6) is 11.5 Å². The Kier molecular flexibility index (Phi) is 9.86. The molecule has 0 aliphatic heterocycles. The van der Waals surface area contributed by atoms with Gasteiger partial charge in [0.25, 0.3) is 0 Å². The van der Waals surface area contributed by atoms with Crippen LogP contribution in [-0.4, -0.2) is 38.1 Å². The van der Waals surface area contributed by atoms with Crippen molar-refractivity contribution >= 4 is 17.8 Å². The minimum atomic E-state index is 0.109. The first-order valence-corrected chi connectivity index (χ1v) is 12.2. The quantitative estimate of drug-likeness (QED) is 0.244. The number of phenols is 1. The lowest BCUT2D eigenvalue weighted by Gasteiger charge is -2.47. The lowest BCUT2D eigenvalue weighted by Crippen LogP contribution is -2.48. The van der Waals surface area contributed by atoms with E-state index in [2.05, 4.69) is 63.3 Å². The van der Waals surface area contributed by atoms with Crippen molar-refractivity contribution in [2.24, 2.45) is 22.4 Å². The van der Waals surface area contributed by atoms with E-state index in [1.54, 1.807) is 7.11 Å². The number of nitrogens with one attached hydrogen (secondary N) is 1. The minimum absolute atomic E-state index is 0.109. The molecule has 0 aromatic heterocycles. The first-order chi connectivity index (χ1) is 15.6. The number of rotatable bonds is 9. The number of ether oxygens (including phenoxy) is 1. The number of oxime groups is 1. The standard InChI is InChI=1S/C27H41ClN2O3/c1-9-29-23-13-11-18(3)27(6,20(23)5)15-14-17(2)10-12-21-25(31)22(16-30-33-8)19(4)24(28)26(21)32-7/h10,14-16,18,20,23,29,31H,9,11-13H2,1-8H3/b15-14+,17-10+,30-16+/t18-,20+,23?,27+/m1/s1. The van der Waals surface area contributed by atoms with Crippen LogP contribution in [0.3, 0.4) is 0 Å². The molecule has 2 rings (SSSR count). The highest BCUT2D eigenvalue weighted by Crippen LogP contribution is 2.46. The van der Waals surface area contributed by atoms with Gasteiger partial charge in [-0.2, -0.15) is 0 Å². The number of aromatic hydroxyl groups is 1. The second-order valence-corrected chi connectivity index (χ2v) is 9.79. The Morgan fingerprint density at radius 3 is 2.61 bits per heavy atom. The molecule has 0 saturated heterocycles. The van der Waals surface area contributed by atoms with Gasteiger partial charge in [0.15, 0.2) is 0 Å². The molecule has 0 spiro atoms. The number of methoxy groups -OCH3 is 1. The van der Waals surface area contributed by atoms with Gasteiger partial charge in [-0.15, -0.1) is 0 Å². The predicted molar refractivity (Wildman–Crippen MR) is 139 cm³/mol. The van der Waals surface area contributed by atoms with Crippen molar-refractivity contribution in [3.05, 3.63) is 45.5 Å². The van der Waals surface area contributed by atoms with Gasteiger partial charge in [0.2, 0.25) is 0 Å². The molecule has 1 fully saturated rings. The van der Waals surface area contributed by atoms with Crippen molar-refractivity contribution in [1.82, 2.24) is 5.32 Å². The number of hydrogen-bond acceptors (Lipinski definition) is 5. The van der Waals surface area contributed by atoms with Crippen LogP contribution in [0.15, 0.2) is 29.0 Å². The molecular weight excluding hydrogens is 436 g/mol. The first-order valence-electron chi connectivity index (χ1n) is 11.9. The molecule has 0 amide bonds. The van der Waals surface area contributed by atoms with Crippen LogP contribution in [0.1, 0.15) is 64.2 Å². The van der Waals surface area contributed by atoms with Crippen LogP contribution in [0.25, 0.3) is 0 Å². The highest BCUT2D eigenvalue weighted by atomic mass is 35.5. The first kappa shape index (κ1) is 27.3. The zero-order chi connectivity index (χ0) is 24.8. The molecule has 1 aliphatic rings. The van der Waals surface area contributed by atoms with Crippen LogP contribution in [-0.2, 0) is 11.3 Å². The summed E-state index contributed by atoms with van der Waals surface area (Å²) in [6.45, 7) is 14.2. The monoisotopic (exact) mass is 476 g/mol. The van der Waals surface area contributed by atoms with Gasteiger partial charge in [0.1, 0.15) is 18.6 Å². The van der Waals surface area contributed by atoms with Crippen LogP contribution >= 0.6 is 11.6 Å². The molecule has 5 nitrogen and oxygen atoms in total. The Balaban J connectivity index is 2.33. The van der Waals surface area contributed by atoms with Crippen LogP contribution in [0.2, 0.25) is 5.02 Å². The molecule has 184 valence electrons. The Morgan fingerprint density at radius 1 is 1.30 bits per heavy atom. The molecular formula is C27H41ClN2O3. The largest absolute Gasteiger partial charge is 0.507 e. The van der Waals surface area contributed by atoms with Crippen LogP contribution in [0.4, 0.5) is 0 Å². The Labute approximate surface area is 204 Å². The molecule has 1 saturated carbocycles. The van der Waals surface area contributed by atoms with E-state index in [1.165, 1.54) is 26.2 Å². The molecule has 0 bridgehead atoms. The zero-order valence-corrected chi connectivity index (χ0v) is 22.2. The van der Waals surface area contributed by atoms with E-state index in [-0.39, 0.29) is 11.2 Å². The third kappa shape index (κ3) is 5.93. The Bertz CT molecular complexity index is 909. The van der Waals surface area contributed by atoms with Gasteiger partial charge in [-0.25, -0.2) is 0 Å². The maximum atomic E-state index is 10.9. The predicted octanol–water partition coefficient (Wildman–Crippen LogP) is 6.44. The Hall–Kier alpha value is -1.98. The summed E-state index contributed by atoms with van der Waals surface area (Å²) in [5.74, 6) is 1.77. The van der Waals surface area contributed by atoms with Gasteiger partial charge >= 0.3 is 0 Å². The van der Waals surface area contributed by atoms with E-state index >= 15 is 0 Å². The summed E-state index contributed by atoms with van der Waals surface area (Å²) in [5.41, 5.74) is 3.12. The average Bonchev–Trinajstić information content (AvgIpc) is 2.79. The number of hydrogen-bond donors (Lipinski definition) is 2. The normalized spacial score (nSPS) is 26.3. The van der Waals surface area contributed by atoms with E-state index in [4.69, 9.17) is 21.2 Å². The van der Waals surface area contributed by atoms with Gasteiger partial charge < -0.3 is 20.0 Å². The molecule has 0 radical (unpaired) electrons. The van der Waals surface area contributed by atoms with Gasteiger partial charge in [-0.1, -0.05) is 68.3 Å². The van der Waals surface area contributed by atoms with Gasteiger partial charge in [0.05, 0.1) is 18.3 Å². The molecule has 4 atom stereocenters. The molecule has 1 unspecified atom stereocenters.